The van der Waals surface area contributed by atoms with Gasteiger partial charge in [0.05, 0.1) is 22.5 Å². The Morgan fingerprint density at radius 3 is 2.30 bits per heavy atom. The zero-order valence-corrected chi connectivity index (χ0v) is 10.9. The first kappa shape index (κ1) is 13.2. The van der Waals surface area contributed by atoms with Crippen LogP contribution in [0.2, 0.25) is 0 Å². The van der Waals surface area contributed by atoms with Gasteiger partial charge < -0.3 is 5.73 Å². The van der Waals surface area contributed by atoms with Crippen LogP contribution < -0.4 is 5.73 Å². The van der Waals surface area contributed by atoms with Gasteiger partial charge in [0.25, 0.3) is 0 Å². The first-order chi connectivity index (χ1) is 9.29. The molecule has 0 spiro atoms. The molecule has 0 bridgehead atoms. The van der Waals surface area contributed by atoms with Crippen LogP contribution in [0.5, 0.6) is 0 Å². The van der Waals surface area contributed by atoms with Crippen LogP contribution in [0.25, 0.3) is 11.3 Å². The zero-order chi connectivity index (χ0) is 14.5. The fourth-order valence-electron chi connectivity index (χ4n) is 2.20. The SMILES string of the molecule is Cn1nc(C2(N)CC2)cc1-c1ccc(C(F)(F)F)cc1. The van der Waals surface area contributed by atoms with E-state index in [2.05, 4.69) is 5.10 Å². The van der Waals surface area contributed by atoms with Crippen LogP contribution in [0.4, 0.5) is 13.2 Å². The van der Waals surface area contributed by atoms with Crippen molar-refractivity contribution in [2.75, 3.05) is 0 Å². The van der Waals surface area contributed by atoms with Gasteiger partial charge in [-0.15, -0.1) is 0 Å². The number of aryl methyl sites for hydroxylation is 1. The number of hydrogen-bond acceptors (Lipinski definition) is 2. The van der Waals surface area contributed by atoms with E-state index in [9.17, 15) is 13.2 Å². The van der Waals surface area contributed by atoms with Crippen LogP contribution >= 0.6 is 0 Å². The predicted octanol–water partition coefficient (Wildman–Crippen LogP) is 3.05. The fourth-order valence-corrected chi connectivity index (χ4v) is 2.20. The second-order valence-electron chi connectivity index (χ2n) is 5.27. The number of benzene rings is 1. The predicted molar refractivity (Wildman–Crippen MR) is 68.7 cm³/mol. The molecule has 2 aromatic rings. The Morgan fingerprint density at radius 1 is 1.20 bits per heavy atom. The minimum atomic E-state index is -4.31. The molecule has 6 heteroatoms. The largest absolute Gasteiger partial charge is 0.416 e. The molecule has 0 amide bonds. The van der Waals surface area contributed by atoms with Crippen molar-refractivity contribution in [3.63, 3.8) is 0 Å². The van der Waals surface area contributed by atoms with Crippen LogP contribution in [0.1, 0.15) is 24.1 Å². The Labute approximate surface area is 114 Å². The lowest BCUT2D eigenvalue weighted by Crippen LogP contribution is -2.19. The molecule has 0 unspecified atom stereocenters. The number of alkyl halides is 3. The molecule has 0 saturated heterocycles. The normalized spacial score (nSPS) is 17.2. The molecule has 1 saturated carbocycles. The summed E-state index contributed by atoms with van der Waals surface area (Å²) in [6.07, 6.45) is -2.52. The molecule has 3 rings (SSSR count). The van der Waals surface area contributed by atoms with Crippen molar-refractivity contribution in [1.82, 2.24) is 9.78 Å². The number of nitrogens with zero attached hydrogens (tertiary/aromatic N) is 2. The van der Waals surface area contributed by atoms with E-state index in [4.69, 9.17) is 5.73 Å². The van der Waals surface area contributed by atoms with Crippen molar-refractivity contribution in [3.05, 3.63) is 41.6 Å². The van der Waals surface area contributed by atoms with Crippen molar-refractivity contribution in [2.45, 2.75) is 24.6 Å². The number of nitrogens with two attached hydrogens (primary N) is 1. The summed E-state index contributed by atoms with van der Waals surface area (Å²) >= 11 is 0. The summed E-state index contributed by atoms with van der Waals surface area (Å²) in [7, 11) is 1.77. The second-order valence-corrected chi connectivity index (χ2v) is 5.27. The molecule has 1 aromatic carbocycles. The van der Waals surface area contributed by atoms with E-state index in [1.807, 2.05) is 6.07 Å². The highest BCUT2D eigenvalue weighted by Crippen LogP contribution is 2.43. The van der Waals surface area contributed by atoms with E-state index in [1.54, 1.807) is 11.7 Å². The number of aromatic nitrogens is 2. The lowest BCUT2D eigenvalue weighted by atomic mass is 10.1. The second kappa shape index (κ2) is 4.09. The molecule has 1 aliphatic rings. The van der Waals surface area contributed by atoms with Crippen molar-refractivity contribution < 1.29 is 13.2 Å². The van der Waals surface area contributed by atoms with Gasteiger partial charge in [-0.3, -0.25) is 4.68 Å². The van der Waals surface area contributed by atoms with E-state index in [-0.39, 0.29) is 5.54 Å². The Morgan fingerprint density at radius 2 is 1.80 bits per heavy atom. The quantitative estimate of drug-likeness (QED) is 0.919. The monoisotopic (exact) mass is 281 g/mol. The standard InChI is InChI=1S/C14H14F3N3/c1-20-11(8-12(19-20)13(18)6-7-13)9-2-4-10(5-3-9)14(15,16)17/h2-5,8H,6-7,18H2,1H3. The third-order valence-electron chi connectivity index (χ3n) is 3.69. The lowest BCUT2D eigenvalue weighted by Gasteiger charge is -2.07. The van der Waals surface area contributed by atoms with Crippen molar-refractivity contribution in [2.24, 2.45) is 12.8 Å². The molecular weight excluding hydrogens is 267 g/mol. The lowest BCUT2D eigenvalue weighted by molar-refractivity contribution is -0.137. The Balaban J connectivity index is 1.95. The van der Waals surface area contributed by atoms with E-state index < -0.39 is 11.7 Å². The highest BCUT2D eigenvalue weighted by Gasteiger charge is 2.42. The van der Waals surface area contributed by atoms with Gasteiger partial charge in [0.1, 0.15) is 0 Å². The van der Waals surface area contributed by atoms with Gasteiger partial charge in [-0.1, -0.05) is 12.1 Å². The summed E-state index contributed by atoms with van der Waals surface area (Å²) in [5.41, 5.74) is 7.36. The van der Waals surface area contributed by atoms with Gasteiger partial charge >= 0.3 is 6.18 Å². The van der Waals surface area contributed by atoms with Crippen molar-refractivity contribution in [1.29, 1.82) is 0 Å². The summed E-state index contributed by atoms with van der Waals surface area (Å²) in [6, 6.07) is 6.93. The summed E-state index contributed by atoms with van der Waals surface area (Å²) in [4.78, 5) is 0. The van der Waals surface area contributed by atoms with E-state index in [0.29, 0.717) is 5.56 Å². The van der Waals surface area contributed by atoms with Gasteiger partial charge in [0.2, 0.25) is 0 Å². The highest BCUT2D eigenvalue weighted by atomic mass is 19.4. The molecule has 0 aliphatic heterocycles. The number of rotatable bonds is 2. The van der Waals surface area contributed by atoms with Gasteiger partial charge in [0, 0.05) is 7.05 Å². The molecule has 0 radical (unpaired) electrons. The van der Waals surface area contributed by atoms with Crippen LogP contribution in [-0.4, -0.2) is 9.78 Å². The number of hydrogen-bond donors (Lipinski definition) is 1. The maximum atomic E-state index is 12.5. The molecule has 0 atom stereocenters. The number of halogens is 3. The van der Waals surface area contributed by atoms with Gasteiger partial charge in [-0.05, 0) is 36.6 Å². The highest BCUT2D eigenvalue weighted by molar-refractivity contribution is 5.61. The minimum absolute atomic E-state index is 0.345. The van der Waals surface area contributed by atoms with Crippen LogP contribution in [-0.2, 0) is 18.8 Å². The molecule has 3 nitrogen and oxygen atoms in total. The van der Waals surface area contributed by atoms with Gasteiger partial charge in [-0.2, -0.15) is 18.3 Å². The van der Waals surface area contributed by atoms with Gasteiger partial charge in [-0.25, -0.2) is 0 Å². The maximum Gasteiger partial charge on any atom is 0.416 e. The summed E-state index contributed by atoms with van der Waals surface area (Å²) in [5, 5.41) is 4.36. The van der Waals surface area contributed by atoms with Crippen molar-refractivity contribution in [3.8, 4) is 11.3 Å². The molecular formula is C14H14F3N3. The molecule has 2 N–H and O–H groups in total. The summed E-state index contributed by atoms with van der Waals surface area (Å²) in [5.74, 6) is 0. The molecule has 1 aromatic heterocycles. The first-order valence-electron chi connectivity index (χ1n) is 6.31. The molecule has 1 heterocycles. The van der Waals surface area contributed by atoms with Crippen LogP contribution in [0.15, 0.2) is 30.3 Å². The average Bonchev–Trinajstić information content (AvgIpc) is 3.00. The fraction of sp³-hybridized carbons (Fsp3) is 0.357. The Hall–Kier alpha value is -1.82. The summed E-state index contributed by atoms with van der Waals surface area (Å²) in [6.45, 7) is 0. The minimum Gasteiger partial charge on any atom is -0.320 e. The zero-order valence-electron chi connectivity index (χ0n) is 10.9. The molecule has 1 aliphatic carbocycles. The van der Waals surface area contributed by atoms with E-state index >= 15 is 0 Å². The molecule has 106 valence electrons. The van der Waals surface area contributed by atoms with Crippen LogP contribution in [0, 0.1) is 0 Å². The first-order valence-corrected chi connectivity index (χ1v) is 6.31. The van der Waals surface area contributed by atoms with Crippen molar-refractivity contribution >= 4 is 0 Å². The average molecular weight is 281 g/mol. The maximum absolute atomic E-state index is 12.5. The third kappa shape index (κ3) is 2.20. The Kier molecular flexibility index (Phi) is 2.69. The molecule has 20 heavy (non-hydrogen) atoms. The topological polar surface area (TPSA) is 43.8 Å². The van der Waals surface area contributed by atoms with E-state index in [0.717, 1.165) is 36.4 Å². The third-order valence-corrected chi connectivity index (χ3v) is 3.69. The van der Waals surface area contributed by atoms with E-state index in [1.165, 1.54) is 12.1 Å². The summed E-state index contributed by atoms with van der Waals surface area (Å²) < 4.78 is 39.3. The van der Waals surface area contributed by atoms with Crippen LogP contribution in [0.3, 0.4) is 0 Å². The van der Waals surface area contributed by atoms with Gasteiger partial charge in [0.15, 0.2) is 0 Å². The smallest absolute Gasteiger partial charge is 0.320 e. The Bertz CT molecular complexity index is 637. The molecule has 1 fully saturated rings.